The van der Waals surface area contributed by atoms with Crippen LogP contribution in [0.5, 0.6) is 0 Å². The normalized spacial score (nSPS) is 10.4. The topological polar surface area (TPSA) is 42.0 Å². The van der Waals surface area contributed by atoms with Crippen LogP contribution in [0, 0.1) is 5.82 Å². The predicted octanol–water partition coefficient (Wildman–Crippen LogP) is 1.70. The van der Waals surface area contributed by atoms with Gasteiger partial charge in [-0.2, -0.15) is 0 Å². The van der Waals surface area contributed by atoms with Crippen molar-refractivity contribution in [2.75, 3.05) is 7.05 Å². The van der Waals surface area contributed by atoms with Gasteiger partial charge >= 0.3 is 0 Å². The van der Waals surface area contributed by atoms with E-state index in [1.54, 1.807) is 0 Å². The first-order valence-electron chi connectivity index (χ1n) is 4.43. The van der Waals surface area contributed by atoms with E-state index in [-0.39, 0.29) is 11.5 Å². The van der Waals surface area contributed by atoms with Crippen LogP contribution < -0.4 is 5.32 Å². The molecule has 0 aliphatic rings. The van der Waals surface area contributed by atoms with E-state index >= 15 is 0 Å². The summed E-state index contributed by atoms with van der Waals surface area (Å²) in [7, 11) is 1.47. The molecule has 0 aliphatic heterocycles. The lowest BCUT2D eigenvalue weighted by Crippen LogP contribution is -2.20. The Labute approximate surface area is 82.4 Å². The Bertz CT molecular complexity index is 350. The molecule has 0 radical (unpaired) electrons. The van der Waals surface area contributed by atoms with Crippen molar-refractivity contribution in [1.82, 2.24) is 10.3 Å². The van der Waals surface area contributed by atoms with Crippen molar-refractivity contribution in [2.24, 2.45) is 0 Å². The van der Waals surface area contributed by atoms with E-state index < -0.39 is 11.7 Å². The smallest absolute Gasteiger partial charge is 0.254 e. The van der Waals surface area contributed by atoms with Crippen molar-refractivity contribution in [1.29, 1.82) is 0 Å². The fourth-order valence-corrected chi connectivity index (χ4v) is 1.08. The van der Waals surface area contributed by atoms with Gasteiger partial charge in [-0.25, -0.2) is 4.39 Å². The Balaban J connectivity index is 3.15. The molecule has 4 heteroatoms. The van der Waals surface area contributed by atoms with Crippen LogP contribution in [0.3, 0.4) is 0 Å². The maximum Gasteiger partial charge on any atom is 0.254 e. The number of rotatable bonds is 2. The summed E-state index contributed by atoms with van der Waals surface area (Å²) < 4.78 is 13.1. The van der Waals surface area contributed by atoms with Crippen molar-refractivity contribution in [3.05, 3.63) is 29.3 Å². The Kier molecular flexibility index (Phi) is 3.17. The number of pyridine rings is 1. The predicted molar refractivity (Wildman–Crippen MR) is 51.7 cm³/mol. The molecule has 1 rings (SSSR count). The number of halogens is 1. The summed E-state index contributed by atoms with van der Waals surface area (Å²) in [4.78, 5) is 15.1. The third-order valence-electron chi connectivity index (χ3n) is 1.94. The molecule has 14 heavy (non-hydrogen) atoms. The summed E-state index contributed by atoms with van der Waals surface area (Å²) in [5.41, 5.74) is 0.760. The maximum atomic E-state index is 13.1. The van der Waals surface area contributed by atoms with Gasteiger partial charge in [-0.1, -0.05) is 13.8 Å². The zero-order valence-corrected chi connectivity index (χ0v) is 8.47. The molecular weight excluding hydrogens is 183 g/mol. The number of carbonyl (C=O) groups is 1. The standard InChI is InChI=1S/C10H13FN2O/c1-6(2)9-4-7(10(14)12-3)8(11)5-13-9/h4-6H,1-3H3,(H,12,14). The van der Waals surface area contributed by atoms with E-state index in [0.717, 1.165) is 6.20 Å². The van der Waals surface area contributed by atoms with Gasteiger partial charge < -0.3 is 5.32 Å². The van der Waals surface area contributed by atoms with Crippen LogP contribution in [-0.4, -0.2) is 17.9 Å². The van der Waals surface area contributed by atoms with Crippen molar-refractivity contribution in [3.8, 4) is 0 Å². The zero-order valence-electron chi connectivity index (χ0n) is 8.47. The molecule has 1 amide bonds. The van der Waals surface area contributed by atoms with E-state index in [4.69, 9.17) is 0 Å². The molecule has 0 fully saturated rings. The average molecular weight is 196 g/mol. The Morgan fingerprint density at radius 2 is 2.21 bits per heavy atom. The van der Waals surface area contributed by atoms with Gasteiger partial charge in [0.1, 0.15) is 0 Å². The fraction of sp³-hybridized carbons (Fsp3) is 0.400. The zero-order chi connectivity index (χ0) is 10.7. The van der Waals surface area contributed by atoms with E-state index in [1.165, 1.54) is 13.1 Å². The Hall–Kier alpha value is -1.45. The molecule has 0 aliphatic carbocycles. The average Bonchev–Trinajstić information content (AvgIpc) is 2.17. The molecule has 3 nitrogen and oxygen atoms in total. The Morgan fingerprint density at radius 3 is 2.71 bits per heavy atom. The summed E-state index contributed by atoms with van der Waals surface area (Å²) in [6.45, 7) is 3.88. The highest BCUT2D eigenvalue weighted by Gasteiger charge is 2.12. The molecule has 76 valence electrons. The van der Waals surface area contributed by atoms with Gasteiger partial charge in [0.2, 0.25) is 0 Å². The molecule has 0 atom stereocenters. The molecule has 1 N–H and O–H groups in total. The minimum atomic E-state index is -0.589. The van der Waals surface area contributed by atoms with Gasteiger partial charge in [0.15, 0.2) is 5.82 Å². The van der Waals surface area contributed by atoms with Crippen molar-refractivity contribution in [3.63, 3.8) is 0 Å². The van der Waals surface area contributed by atoms with Crippen molar-refractivity contribution < 1.29 is 9.18 Å². The largest absolute Gasteiger partial charge is 0.355 e. The molecular formula is C10H13FN2O. The van der Waals surface area contributed by atoms with Crippen molar-refractivity contribution in [2.45, 2.75) is 19.8 Å². The third-order valence-corrected chi connectivity index (χ3v) is 1.94. The first kappa shape index (κ1) is 10.6. The van der Waals surface area contributed by atoms with Crippen LogP contribution in [0.25, 0.3) is 0 Å². The number of nitrogens with one attached hydrogen (secondary N) is 1. The van der Waals surface area contributed by atoms with E-state index in [2.05, 4.69) is 10.3 Å². The second-order valence-electron chi connectivity index (χ2n) is 3.32. The van der Waals surface area contributed by atoms with Crippen LogP contribution in [0.1, 0.15) is 35.8 Å². The highest BCUT2D eigenvalue weighted by molar-refractivity contribution is 5.94. The second kappa shape index (κ2) is 4.17. The van der Waals surface area contributed by atoms with E-state index in [9.17, 15) is 9.18 Å². The van der Waals surface area contributed by atoms with Crippen molar-refractivity contribution >= 4 is 5.91 Å². The quantitative estimate of drug-likeness (QED) is 0.782. The van der Waals surface area contributed by atoms with Crippen LogP contribution >= 0.6 is 0 Å². The monoisotopic (exact) mass is 196 g/mol. The molecule has 1 aromatic heterocycles. The maximum absolute atomic E-state index is 13.1. The molecule has 0 aromatic carbocycles. The highest BCUT2D eigenvalue weighted by Crippen LogP contribution is 2.15. The molecule has 0 bridgehead atoms. The number of aromatic nitrogens is 1. The van der Waals surface area contributed by atoms with Gasteiger partial charge in [0.25, 0.3) is 5.91 Å². The summed E-state index contributed by atoms with van der Waals surface area (Å²) in [6, 6.07) is 1.48. The minimum absolute atomic E-state index is 0.0474. The molecule has 0 spiro atoms. The SMILES string of the molecule is CNC(=O)c1cc(C(C)C)ncc1F. The Morgan fingerprint density at radius 1 is 1.57 bits per heavy atom. The lowest BCUT2D eigenvalue weighted by molar-refractivity contribution is 0.0959. The fourth-order valence-electron chi connectivity index (χ4n) is 1.08. The highest BCUT2D eigenvalue weighted by atomic mass is 19.1. The van der Waals surface area contributed by atoms with Gasteiger partial charge in [-0.15, -0.1) is 0 Å². The summed E-state index contributed by atoms with van der Waals surface area (Å²) in [5.74, 6) is -0.834. The molecule has 1 aromatic rings. The van der Waals surface area contributed by atoms with Gasteiger partial charge in [-0.05, 0) is 12.0 Å². The van der Waals surface area contributed by atoms with E-state index in [0.29, 0.717) is 5.69 Å². The molecule has 0 saturated carbocycles. The third kappa shape index (κ3) is 2.07. The molecule has 1 heterocycles. The summed E-state index contributed by atoms with van der Waals surface area (Å²) >= 11 is 0. The van der Waals surface area contributed by atoms with Gasteiger partial charge in [0.05, 0.1) is 11.8 Å². The van der Waals surface area contributed by atoms with E-state index in [1.807, 2.05) is 13.8 Å². The number of amides is 1. The number of nitrogens with zero attached hydrogens (tertiary/aromatic N) is 1. The van der Waals surface area contributed by atoms with Gasteiger partial charge in [-0.3, -0.25) is 9.78 Å². The van der Waals surface area contributed by atoms with Crippen LogP contribution in [0.4, 0.5) is 4.39 Å². The number of hydrogen-bond donors (Lipinski definition) is 1. The second-order valence-corrected chi connectivity index (χ2v) is 3.32. The molecule has 0 unspecified atom stereocenters. The van der Waals surface area contributed by atoms with Gasteiger partial charge in [0, 0.05) is 12.7 Å². The first-order chi connectivity index (χ1) is 6.56. The minimum Gasteiger partial charge on any atom is -0.355 e. The first-order valence-corrected chi connectivity index (χ1v) is 4.43. The lowest BCUT2D eigenvalue weighted by atomic mass is 10.1. The summed E-state index contributed by atoms with van der Waals surface area (Å²) in [5, 5.41) is 2.38. The van der Waals surface area contributed by atoms with Crippen LogP contribution in [0.15, 0.2) is 12.3 Å². The van der Waals surface area contributed by atoms with Crippen LogP contribution in [-0.2, 0) is 0 Å². The lowest BCUT2D eigenvalue weighted by Gasteiger charge is -2.07. The summed E-state index contributed by atoms with van der Waals surface area (Å²) in [6.07, 6.45) is 1.08. The molecule has 0 saturated heterocycles. The number of carbonyl (C=O) groups excluding carboxylic acids is 1. The van der Waals surface area contributed by atoms with Crippen LogP contribution in [0.2, 0.25) is 0 Å². The number of hydrogen-bond acceptors (Lipinski definition) is 2.